The van der Waals surface area contributed by atoms with Crippen LogP contribution in [0.15, 0.2) is 16.7 Å². The molecule has 0 aliphatic heterocycles. The van der Waals surface area contributed by atoms with Gasteiger partial charge >= 0.3 is 0 Å². The smallest absolute Gasteiger partial charge is 0.228 e. The van der Waals surface area contributed by atoms with Crippen molar-refractivity contribution in [3.8, 4) is 5.88 Å². The van der Waals surface area contributed by atoms with Crippen molar-refractivity contribution < 1.29 is 4.74 Å². The fourth-order valence-corrected chi connectivity index (χ4v) is 1.22. The van der Waals surface area contributed by atoms with Crippen LogP contribution in [0, 0.1) is 6.92 Å². The number of aromatic nitrogens is 1. The topological polar surface area (TPSA) is 48.1 Å². The molecule has 1 aromatic rings. The SMILES string of the molecule is Cc1ccnc(OCCCN)c1Br. The molecule has 0 aromatic carbocycles. The quantitative estimate of drug-likeness (QED) is 0.824. The van der Waals surface area contributed by atoms with Gasteiger partial charge in [0, 0.05) is 6.20 Å². The molecule has 1 aromatic heterocycles. The van der Waals surface area contributed by atoms with E-state index in [4.69, 9.17) is 10.5 Å². The van der Waals surface area contributed by atoms with E-state index in [0.717, 1.165) is 16.5 Å². The fourth-order valence-electron chi connectivity index (χ4n) is 0.868. The van der Waals surface area contributed by atoms with E-state index in [9.17, 15) is 0 Å². The molecule has 0 aliphatic carbocycles. The molecule has 0 saturated heterocycles. The van der Waals surface area contributed by atoms with Crippen molar-refractivity contribution in [2.75, 3.05) is 13.2 Å². The third-order valence-electron chi connectivity index (χ3n) is 1.64. The average Bonchev–Trinajstić information content (AvgIpc) is 2.13. The molecule has 0 saturated carbocycles. The first-order chi connectivity index (χ1) is 6.25. The lowest BCUT2D eigenvalue weighted by Gasteiger charge is -2.07. The molecule has 0 amide bonds. The lowest BCUT2D eigenvalue weighted by atomic mass is 10.3. The van der Waals surface area contributed by atoms with Crippen LogP contribution in [0.3, 0.4) is 0 Å². The van der Waals surface area contributed by atoms with Crippen molar-refractivity contribution >= 4 is 15.9 Å². The van der Waals surface area contributed by atoms with Crippen molar-refractivity contribution in [3.05, 3.63) is 22.3 Å². The Labute approximate surface area is 86.4 Å². The molecule has 0 aliphatic rings. The Hall–Kier alpha value is -0.610. The molecule has 3 nitrogen and oxygen atoms in total. The number of hydrogen-bond acceptors (Lipinski definition) is 3. The van der Waals surface area contributed by atoms with E-state index in [-0.39, 0.29) is 0 Å². The van der Waals surface area contributed by atoms with Crippen LogP contribution in [0.5, 0.6) is 5.88 Å². The van der Waals surface area contributed by atoms with Gasteiger partial charge in [0.2, 0.25) is 5.88 Å². The fraction of sp³-hybridized carbons (Fsp3) is 0.444. The Kier molecular flexibility index (Phi) is 4.18. The second kappa shape index (κ2) is 5.19. The molecule has 0 unspecified atom stereocenters. The zero-order valence-corrected chi connectivity index (χ0v) is 9.17. The molecule has 0 fully saturated rings. The highest BCUT2D eigenvalue weighted by Gasteiger charge is 2.03. The van der Waals surface area contributed by atoms with E-state index >= 15 is 0 Å². The maximum absolute atomic E-state index is 5.42. The first-order valence-corrected chi connectivity index (χ1v) is 4.99. The predicted octanol–water partition coefficient (Wildman–Crippen LogP) is 1.88. The maximum atomic E-state index is 5.42. The van der Waals surface area contributed by atoms with Gasteiger partial charge in [-0.05, 0) is 47.4 Å². The summed E-state index contributed by atoms with van der Waals surface area (Å²) < 4.78 is 6.34. The van der Waals surface area contributed by atoms with Crippen LogP contribution in [0.1, 0.15) is 12.0 Å². The molecule has 72 valence electrons. The highest BCUT2D eigenvalue weighted by molar-refractivity contribution is 9.10. The Morgan fingerprint density at radius 1 is 1.62 bits per heavy atom. The summed E-state index contributed by atoms with van der Waals surface area (Å²) in [5, 5.41) is 0. The van der Waals surface area contributed by atoms with Crippen LogP contribution in [0.2, 0.25) is 0 Å². The lowest BCUT2D eigenvalue weighted by Crippen LogP contribution is -2.07. The van der Waals surface area contributed by atoms with Gasteiger partial charge in [-0.1, -0.05) is 0 Å². The van der Waals surface area contributed by atoms with Crippen LogP contribution in [0.4, 0.5) is 0 Å². The molecular formula is C9H13BrN2O. The molecule has 0 radical (unpaired) electrons. The van der Waals surface area contributed by atoms with Crippen LogP contribution in [0.25, 0.3) is 0 Å². The number of ether oxygens (including phenoxy) is 1. The van der Waals surface area contributed by atoms with E-state index in [1.165, 1.54) is 0 Å². The number of nitrogens with two attached hydrogens (primary N) is 1. The molecule has 4 heteroatoms. The third-order valence-corrected chi connectivity index (χ3v) is 2.60. The molecule has 1 rings (SSSR count). The highest BCUT2D eigenvalue weighted by Crippen LogP contribution is 2.25. The standard InChI is InChI=1S/C9H13BrN2O/c1-7-3-5-12-9(8(7)10)13-6-2-4-11/h3,5H,2,4,6,11H2,1H3. The van der Waals surface area contributed by atoms with Gasteiger partial charge in [0.1, 0.15) is 0 Å². The molecule has 0 spiro atoms. The first-order valence-electron chi connectivity index (χ1n) is 4.19. The van der Waals surface area contributed by atoms with Crippen molar-refractivity contribution in [1.82, 2.24) is 4.98 Å². The number of hydrogen-bond donors (Lipinski definition) is 1. The number of nitrogens with zero attached hydrogens (tertiary/aromatic N) is 1. The summed E-state index contributed by atoms with van der Waals surface area (Å²) in [4.78, 5) is 4.10. The van der Waals surface area contributed by atoms with Gasteiger partial charge in [0.25, 0.3) is 0 Å². The predicted molar refractivity (Wildman–Crippen MR) is 55.8 cm³/mol. The van der Waals surface area contributed by atoms with Gasteiger partial charge < -0.3 is 10.5 Å². The number of rotatable bonds is 4. The first kappa shape index (κ1) is 10.5. The molecule has 0 bridgehead atoms. The summed E-state index contributed by atoms with van der Waals surface area (Å²) in [6.07, 6.45) is 2.58. The van der Waals surface area contributed by atoms with Crippen molar-refractivity contribution in [2.45, 2.75) is 13.3 Å². The maximum Gasteiger partial charge on any atom is 0.228 e. The van der Waals surface area contributed by atoms with Gasteiger partial charge in [-0.15, -0.1) is 0 Å². The van der Waals surface area contributed by atoms with Crippen LogP contribution >= 0.6 is 15.9 Å². The van der Waals surface area contributed by atoms with E-state index in [1.54, 1.807) is 6.20 Å². The number of aryl methyl sites for hydroxylation is 1. The van der Waals surface area contributed by atoms with Gasteiger partial charge in [0.05, 0.1) is 11.1 Å². The van der Waals surface area contributed by atoms with Crippen LogP contribution in [-0.4, -0.2) is 18.1 Å². The third kappa shape index (κ3) is 2.97. The Bertz CT molecular complexity index is 278. The molecule has 1 heterocycles. The van der Waals surface area contributed by atoms with Crippen LogP contribution in [-0.2, 0) is 0 Å². The Balaban J connectivity index is 2.61. The van der Waals surface area contributed by atoms with Gasteiger partial charge in [-0.3, -0.25) is 0 Å². The zero-order chi connectivity index (χ0) is 9.68. The van der Waals surface area contributed by atoms with E-state index < -0.39 is 0 Å². The second-order valence-corrected chi connectivity index (χ2v) is 3.53. The highest BCUT2D eigenvalue weighted by atomic mass is 79.9. The Morgan fingerprint density at radius 2 is 2.38 bits per heavy atom. The molecular weight excluding hydrogens is 232 g/mol. The normalized spacial score (nSPS) is 10.1. The molecule has 2 N–H and O–H groups in total. The van der Waals surface area contributed by atoms with Gasteiger partial charge in [0.15, 0.2) is 0 Å². The lowest BCUT2D eigenvalue weighted by molar-refractivity contribution is 0.299. The van der Waals surface area contributed by atoms with Gasteiger partial charge in [-0.2, -0.15) is 0 Å². The van der Waals surface area contributed by atoms with Crippen molar-refractivity contribution in [1.29, 1.82) is 0 Å². The monoisotopic (exact) mass is 244 g/mol. The Morgan fingerprint density at radius 3 is 3.08 bits per heavy atom. The second-order valence-electron chi connectivity index (χ2n) is 2.74. The summed E-state index contributed by atoms with van der Waals surface area (Å²) in [6.45, 7) is 3.26. The summed E-state index contributed by atoms with van der Waals surface area (Å²) in [6, 6.07) is 1.93. The van der Waals surface area contributed by atoms with E-state index in [0.29, 0.717) is 19.0 Å². The minimum atomic E-state index is 0.617. The summed E-state index contributed by atoms with van der Waals surface area (Å²) in [5.74, 6) is 0.647. The largest absolute Gasteiger partial charge is 0.477 e. The molecule has 0 atom stereocenters. The minimum Gasteiger partial charge on any atom is -0.477 e. The number of halogens is 1. The summed E-state index contributed by atoms with van der Waals surface area (Å²) in [5.41, 5.74) is 6.47. The van der Waals surface area contributed by atoms with Crippen molar-refractivity contribution in [3.63, 3.8) is 0 Å². The average molecular weight is 245 g/mol. The summed E-state index contributed by atoms with van der Waals surface area (Å²) in [7, 11) is 0. The van der Waals surface area contributed by atoms with Crippen molar-refractivity contribution in [2.24, 2.45) is 5.73 Å². The van der Waals surface area contributed by atoms with Gasteiger partial charge in [-0.25, -0.2) is 4.98 Å². The summed E-state index contributed by atoms with van der Waals surface area (Å²) >= 11 is 3.41. The number of pyridine rings is 1. The van der Waals surface area contributed by atoms with Crippen LogP contribution < -0.4 is 10.5 Å². The molecule has 13 heavy (non-hydrogen) atoms. The van der Waals surface area contributed by atoms with E-state index in [2.05, 4.69) is 20.9 Å². The minimum absolute atomic E-state index is 0.617. The zero-order valence-electron chi connectivity index (χ0n) is 7.59. The van der Waals surface area contributed by atoms with E-state index in [1.807, 2.05) is 13.0 Å².